The van der Waals surface area contributed by atoms with Crippen molar-refractivity contribution in [2.24, 2.45) is 0 Å². The lowest BCUT2D eigenvalue weighted by atomic mass is 10.2. The number of nitrogens with one attached hydrogen (secondary N) is 3. The van der Waals surface area contributed by atoms with Crippen LogP contribution < -0.4 is 16.0 Å². The van der Waals surface area contributed by atoms with Crippen LogP contribution in [0.25, 0.3) is 0 Å². The number of hydrogen-bond acceptors (Lipinski definition) is 3. The van der Waals surface area contributed by atoms with Gasteiger partial charge in [0, 0.05) is 25.9 Å². The fraction of sp³-hybridized carbons (Fsp3) is 0.333. The molecule has 1 aromatic carbocycles. The van der Waals surface area contributed by atoms with Crippen LogP contribution in [0.2, 0.25) is 5.02 Å². The van der Waals surface area contributed by atoms with Gasteiger partial charge in [-0.15, -0.1) is 0 Å². The second kappa shape index (κ2) is 7.60. The first-order valence-corrected chi connectivity index (χ1v) is 6.13. The van der Waals surface area contributed by atoms with Gasteiger partial charge in [-0.25, -0.2) is 4.79 Å². The first kappa shape index (κ1) is 15.3. The summed E-state index contributed by atoms with van der Waals surface area (Å²) in [7, 11) is 1.51. The predicted octanol–water partition coefficient (Wildman–Crippen LogP) is 1.20. The minimum absolute atomic E-state index is 0.0208. The number of carbonyl (C=O) groups is 2. The third-order valence-electron chi connectivity index (χ3n) is 2.32. The molecule has 0 unspecified atom stereocenters. The largest absolute Gasteiger partial charge is 0.396 e. The van der Waals surface area contributed by atoms with E-state index in [0.717, 1.165) is 0 Å². The summed E-state index contributed by atoms with van der Waals surface area (Å²) in [4.78, 5) is 22.9. The van der Waals surface area contributed by atoms with E-state index in [-0.39, 0.29) is 17.5 Å². The topological polar surface area (TPSA) is 90.5 Å². The van der Waals surface area contributed by atoms with Gasteiger partial charge < -0.3 is 21.1 Å². The molecule has 0 radical (unpaired) electrons. The molecule has 0 bridgehead atoms. The van der Waals surface area contributed by atoms with Crippen molar-refractivity contribution >= 4 is 29.2 Å². The zero-order chi connectivity index (χ0) is 14.3. The van der Waals surface area contributed by atoms with Crippen molar-refractivity contribution in [2.45, 2.75) is 6.42 Å². The average molecular weight is 286 g/mol. The van der Waals surface area contributed by atoms with E-state index in [2.05, 4.69) is 16.0 Å². The van der Waals surface area contributed by atoms with Crippen molar-refractivity contribution in [3.05, 3.63) is 28.8 Å². The van der Waals surface area contributed by atoms with E-state index in [1.165, 1.54) is 19.2 Å². The standard InChI is InChI=1S/C12H16ClN3O3/c1-14-11(18)9-4-3-8(7-10(9)13)16-12(19)15-5-2-6-17/h3-4,7,17H,2,5-6H2,1H3,(H,14,18)(H2,15,16,19). The number of anilines is 1. The fourth-order valence-corrected chi connectivity index (χ4v) is 1.63. The number of halogens is 1. The first-order chi connectivity index (χ1) is 9.08. The lowest BCUT2D eigenvalue weighted by Gasteiger charge is -2.09. The van der Waals surface area contributed by atoms with Gasteiger partial charge in [-0.2, -0.15) is 0 Å². The Bertz CT molecular complexity index is 466. The Morgan fingerprint density at radius 3 is 2.68 bits per heavy atom. The maximum absolute atomic E-state index is 11.4. The second-order valence-electron chi connectivity index (χ2n) is 3.73. The Morgan fingerprint density at radius 1 is 1.37 bits per heavy atom. The highest BCUT2D eigenvalue weighted by Gasteiger charge is 2.10. The van der Waals surface area contributed by atoms with E-state index >= 15 is 0 Å². The molecule has 1 aromatic rings. The number of carbonyl (C=O) groups excluding carboxylic acids is 2. The van der Waals surface area contributed by atoms with Gasteiger partial charge in [-0.05, 0) is 24.6 Å². The van der Waals surface area contributed by atoms with E-state index in [1.807, 2.05) is 0 Å². The van der Waals surface area contributed by atoms with Crippen molar-refractivity contribution in [2.75, 3.05) is 25.5 Å². The molecule has 0 fully saturated rings. The Kier molecular flexibility index (Phi) is 6.11. The third kappa shape index (κ3) is 4.76. The molecule has 4 N–H and O–H groups in total. The van der Waals surface area contributed by atoms with Crippen molar-refractivity contribution in [3.63, 3.8) is 0 Å². The Morgan fingerprint density at radius 2 is 2.11 bits per heavy atom. The number of hydrogen-bond donors (Lipinski definition) is 4. The Labute approximate surface area is 116 Å². The fourth-order valence-electron chi connectivity index (χ4n) is 1.37. The number of benzene rings is 1. The van der Waals surface area contributed by atoms with Gasteiger partial charge in [0.1, 0.15) is 0 Å². The summed E-state index contributed by atoms with van der Waals surface area (Å²) in [6, 6.07) is 4.22. The molecule has 3 amide bonds. The molecule has 104 valence electrons. The molecular weight excluding hydrogens is 270 g/mol. The number of rotatable bonds is 5. The number of amides is 3. The molecule has 0 saturated carbocycles. The molecule has 19 heavy (non-hydrogen) atoms. The van der Waals surface area contributed by atoms with Gasteiger partial charge in [0.05, 0.1) is 10.6 Å². The van der Waals surface area contributed by atoms with E-state index in [4.69, 9.17) is 16.7 Å². The van der Waals surface area contributed by atoms with Gasteiger partial charge in [-0.1, -0.05) is 11.6 Å². The second-order valence-corrected chi connectivity index (χ2v) is 4.14. The number of aliphatic hydroxyl groups is 1. The molecule has 0 saturated heterocycles. The van der Waals surface area contributed by atoms with E-state index in [0.29, 0.717) is 24.2 Å². The normalized spacial score (nSPS) is 9.84. The van der Waals surface area contributed by atoms with Crippen LogP contribution in [-0.4, -0.2) is 37.2 Å². The van der Waals surface area contributed by atoms with Crippen LogP contribution >= 0.6 is 11.6 Å². The molecule has 6 nitrogen and oxygen atoms in total. The molecule has 0 aliphatic rings. The minimum Gasteiger partial charge on any atom is -0.396 e. The highest BCUT2D eigenvalue weighted by atomic mass is 35.5. The van der Waals surface area contributed by atoms with E-state index in [1.54, 1.807) is 6.07 Å². The van der Waals surface area contributed by atoms with Crippen molar-refractivity contribution < 1.29 is 14.7 Å². The van der Waals surface area contributed by atoms with Crippen LogP contribution in [-0.2, 0) is 0 Å². The summed E-state index contributed by atoms with van der Waals surface area (Å²) in [5.41, 5.74) is 0.828. The van der Waals surface area contributed by atoms with Crippen molar-refractivity contribution in [1.29, 1.82) is 0 Å². The summed E-state index contributed by atoms with van der Waals surface area (Å²) >= 11 is 5.95. The molecular formula is C12H16ClN3O3. The van der Waals surface area contributed by atoms with Crippen LogP contribution in [0.4, 0.5) is 10.5 Å². The van der Waals surface area contributed by atoms with Crippen LogP contribution in [0, 0.1) is 0 Å². The molecule has 1 rings (SSSR count). The smallest absolute Gasteiger partial charge is 0.319 e. The summed E-state index contributed by atoms with van der Waals surface area (Å²) in [5.74, 6) is -0.288. The zero-order valence-corrected chi connectivity index (χ0v) is 11.3. The number of aliphatic hydroxyl groups excluding tert-OH is 1. The van der Waals surface area contributed by atoms with Crippen LogP contribution in [0.15, 0.2) is 18.2 Å². The van der Waals surface area contributed by atoms with Crippen LogP contribution in [0.1, 0.15) is 16.8 Å². The van der Waals surface area contributed by atoms with Crippen molar-refractivity contribution in [1.82, 2.24) is 10.6 Å². The number of urea groups is 1. The summed E-state index contributed by atoms with van der Waals surface area (Å²) in [6.07, 6.45) is 0.490. The SMILES string of the molecule is CNC(=O)c1ccc(NC(=O)NCCCO)cc1Cl. The van der Waals surface area contributed by atoms with Crippen molar-refractivity contribution in [3.8, 4) is 0 Å². The highest BCUT2D eigenvalue weighted by molar-refractivity contribution is 6.34. The molecule has 0 aliphatic carbocycles. The van der Waals surface area contributed by atoms with Gasteiger partial charge in [0.2, 0.25) is 0 Å². The lowest BCUT2D eigenvalue weighted by molar-refractivity contribution is 0.0963. The Balaban J connectivity index is 2.63. The van der Waals surface area contributed by atoms with Gasteiger partial charge in [0.15, 0.2) is 0 Å². The summed E-state index contributed by atoms with van der Waals surface area (Å²) in [6.45, 7) is 0.402. The van der Waals surface area contributed by atoms with Crippen LogP contribution in [0.3, 0.4) is 0 Å². The Hall–Kier alpha value is -1.79. The maximum Gasteiger partial charge on any atom is 0.319 e. The molecule has 0 spiro atoms. The minimum atomic E-state index is -0.391. The monoisotopic (exact) mass is 285 g/mol. The lowest BCUT2D eigenvalue weighted by Crippen LogP contribution is -2.30. The van der Waals surface area contributed by atoms with Crippen LogP contribution in [0.5, 0.6) is 0 Å². The average Bonchev–Trinajstić information content (AvgIpc) is 2.38. The summed E-state index contributed by atoms with van der Waals surface area (Å²) < 4.78 is 0. The molecule has 7 heteroatoms. The quantitative estimate of drug-likeness (QED) is 0.613. The first-order valence-electron chi connectivity index (χ1n) is 5.76. The molecule has 0 aliphatic heterocycles. The summed E-state index contributed by atoms with van der Waals surface area (Å²) in [5, 5.41) is 16.5. The zero-order valence-electron chi connectivity index (χ0n) is 10.5. The highest BCUT2D eigenvalue weighted by Crippen LogP contribution is 2.20. The third-order valence-corrected chi connectivity index (χ3v) is 2.63. The maximum atomic E-state index is 11.4. The van der Waals surface area contributed by atoms with Gasteiger partial charge >= 0.3 is 6.03 Å². The molecule has 0 aromatic heterocycles. The molecule has 0 atom stereocenters. The van der Waals surface area contributed by atoms with Gasteiger partial charge in [-0.3, -0.25) is 4.79 Å². The predicted molar refractivity (Wildman–Crippen MR) is 73.6 cm³/mol. The molecule has 0 heterocycles. The van der Waals surface area contributed by atoms with E-state index < -0.39 is 6.03 Å². The van der Waals surface area contributed by atoms with E-state index in [9.17, 15) is 9.59 Å². The van der Waals surface area contributed by atoms with Gasteiger partial charge in [0.25, 0.3) is 5.91 Å².